The van der Waals surface area contributed by atoms with Crippen LogP contribution in [0.3, 0.4) is 0 Å². The topological polar surface area (TPSA) is 130 Å². The fourth-order valence-electron chi connectivity index (χ4n) is 1.72. The van der Waals surface area contributed by atoms with Crippen LogP contribution < -0.4 is 4.72 Å². The highest BCUT2D eigenvalue weighted by atomic mass is 32.2. The Morgan fingerprint density at radius 1 is 1.13 bits per heavy atom. The standard InChI is InChI=1S/C13H21NO7S2/c1-9-4-6-11(7-5-9)23(19,20)14-12(13(16)10(2)15)8-21-22(3,17)18/h4-7,10,12-16H,8H2,1-3H3/t10-,12+,13-/m1/s1. The monoisotopic (exact) mass is 367 g/mol. The largest absolute Gasteiger partial charge is 0.391 e. The number of aliphatic hydroxyl groups excluding tert-OH is 2. The Hall–Kier alpha value is -1.04. The van der Waals surface area contributed by atoms with Crippen molar-refractivity contribution in [3.05, 3.63) is 29.8 Å². The van der Waals surface area contributed by atoms with Gasteiger partial charge in [-0.3, -0.25) is 4.18 Å². The molecule has 1 aromatic rings. The zero-order chi connectivity index (χ0) is 17.8. The first-order valence-corrected chi connectivity index (χ1v) is 10.0. The van der Waals surface area contributed by atoms with Crippen LogP contribution in [0.4, 0.5) is 0 Å². The van der Waals surface area contributed by atoms with Gasteiger partial charge in [-0.05, 0) is 26.0 Å². The Balaban J connectivity index is 3.00. The third-order valence-electron chi connectivity index (χ3n) is 3.01. The first kappa shape index (κ1) is 20.0. The van der Waals surface area contributed by atoms with Gasteiger partial charge in [0.15, 0.2) is 0 Å². The van der Waals surface area contributed by atoms with Crippen LogP contribution in [-0.2, 0) is 24.3 Å². The average Bonchev–Trinajstić information content (AvgIpc) is 2.42. The molecule has 1 rings (SSSR count). The van der Waals surface area contributed by atoms with E-state index in [1.165, 1.54) is 19.1 Å². The molecule has 0 amide bonds. The molecule has 0 fully saturated rings. The molecule has 0 aliphatic heterocycles. The van der Waals surface area contributed by atoms with Crippen LogP contribution >= 0.6 is 0 Å². The quantitative estimate of drug-likeness (QED) is 0.521. The Bertz CT molecular complexity index is 711. The van der Waals surface area contributed by atoms with Gasteiger partial charge in [0.25, 0.3) is 10.1 Å². The van der Waals surface area contributed by atoms with Gasteiger partial charge >= 0.3 is 0 Å². The van der Waals surface area contributed by atoms with Crippen LogP contribution in [0.25, 0.3) is 0 Å². The molecule has 3 atom stereocenters. The fourth-order valence-corrected chi connectivity index (χ4v) is 3.35. The predicted octanol–water partition coefficient (Wildman–Crippen LogP) is -0.640. The van der Waals surface area contributed by atoms with Crippen molar-refractivity contribution in [3.63, 3.8) is 0 Å². The normalized spacial score (nSPS) is 16.7. The second-order valence-electron chi connectivity index (χ2n) is 5.26. The molecule has 0 saturated heterocycles. The molecule has 132 valence electrons. The summed E-state index contributed by atoms with van der Waals surface area (Å²) in [5.74, 6) is 0. The van der Waals surface area contributed by atoms with Gasteiger partial charge in [-0.25, -0.2) is 13.1 Å². The minimum absolute atomic E-state index is 0.0507. The summed E-state index contributed by atoms with van der Waals surface area (Å²) in [5, 5.41) is 19.3. The number of aliphatic hydroxyl groups is 2. The lowest BCUT2D eigenvalue weighted by atomic mass is 10.1. The summed E-state index contributed by atoms with van der Waals surface area (Å²) in [5.41, 5.74) is 0.866. The average molecular weight is 367 g/mol. The van der Waals surface area contributed by atoms with E-state index in [1.807, 2.05) is 0 Å². The van der Waals surface area contributed by atoms with Crippen LogP contribution in [0.5, 0.6) is 0 Å². The zero-order valence-electron chi connectivity index (χ0n) is 13.0. The molecule has 0 radical (unpaired) electrons. The number of aryl methyl sites for hydroxylation is 1. The van der Waals surface area contributed by atoms with Crippen LogP contribution in [0.15, 0.2) is 29.2 Å². The Kier molecular flexibility index (Phi) is 6.69. The molecule has 0 unspecified atom stereocenters. The Morgan fingerprint density at radius 3 is 2.09 bits per heavy atom. The number of sulfonamides is 1. The molecule has 0 aromatic heterocycles. The summed E-state index contributed by atoms with van der Waals surface area (Å²) in [4.78, 5) is -0.0507. The zero-order valence-corrected chi connectivity index (χ0v) is 14.6. The summed E-state index contributed by atoms with van der Waals surface area (Å²) in [6.07, 6.45) is -2.03. The molecule has 23 heavy (non-hydrogen) atoms. The van der Waals surface area contributed by atoms with Gasteiger partial charge in [-0.15, -0.1) is 0 Å². The summed E-state index contributed by atoms with van der Waals surface area (Å²) in [7, 11) is -7.85. The SMILES string of the molecule is Cc1ccc(S(=O)(=O)N[C@@H](COS(C)(=O)=O)[C@H](O)[C@@H](C)O)cc1. The first-order valence-electron chi connectivity index (χ1n) is 6.72. The van der Waals surface area contributed by atoms with Crippen molar-refractivity contribution < 1.29 is 31.2 Å². The third kappa shape index (κ3) is 6.53. The molecule has 3 N–H and O–H groups in total. The minimum Gasteiger partial charge on any atom is -0.391 e. The highest BCUT2D eigenvalue weighted by molar-refractivity contribution is 7.89. The lowest BCUT2D eigenvalue weighted by Crippen LogP contribution is -2.50. The summed E-state index contributed by atoms with van der Waals surface area (Å²) < 4.78 is 53.4. The molecule has 0 saturated carbocycles. The van der Waals surface area contributed by atoms with Gasteiger partial charge in [-0.1, -0.05) is 17.7 Å². The third-order valence-corrected chi connectivity index (χ3v) is 5.08. The molecular formula is C13H21NO7S2. The van der Waals surface area contributed by atoms with Crippen molar-refractivity contribution in [2.75, 3.05) is 12.9 Å². The highest BCUT2D eigenvalue weighted by Crippen LogP contribution is 2.13. The van der Waals surface area contributed by atoms with Crippen molar-refractivity contribution in [1.82, 2.24) is 4.72 Å². The van der Waals surface area contributed by atoms with Crippen LogP contribution in [0.2, 0.25) is 0 Å². The molecule has 0 aliphatic carbocycles. The van der Waals surface area contributed by atoms with Crippen LogP contribution in [-0.4, -0.2) is 58.2 Å². The smallest absolute Gasteiger partial charge is 0.264 e. The van der Waals surface area contributed by atoms with Gasteiger partial charge in [0.2, 0.25) is 10.0 Å². The van der Waals surface area contributed by atoms with E-state index in [4.69, 9.17) is 0 Å². The van der Waals surface area contributed by atoms with Gasteiger partial charge in [0.05, 0.1) is 36.0 Å². The molecular weight excluding hydrogens is 346 g/mol. The van der Waals surface area contributed by atoms with Gasteiger partial charge in [-0.2, -0.15) is 8.42 Å². The van der Waals surface area contributed by atoms with Gasteiger partial charge < -0.3 is 10.2 Å². The number of benzene rings is 1. The lowest BCUT2D eigenvalue weighted by Gasteiger charge is -2.25. The minimum atomic E-state index is -4.02. The Morgan fingerprint density at radius 2 is 1.65 bits per heavy atom. The van der Waals surface area contributed by atoms with Crippen LogP contribution in [0, 0.1) is 6.92 Å². The van der Waals surface area contributed by atoms with Crippen molar-refractivity contribution >= 4 is 20.1 Å². The van der Waals surface area contributed by atoms with Gasteiger partial charge in [0, 0.05) is 0 Å². The van der Waals surface area contributed by atoms with E-state index in [9.17, 15) is 27.0 Å². The molecule has 1 aromatic carbocycles. The number of hydrogen-bond donors (Lipinski definition) is 3. The number of hydrogen-bond acceptors (Lipinski definition) is 7. The maximum absolute atomic E-state index is 12.3. The summed E-state index contributed by atoms with van der Waals surface area (Å²) in [6, 6.07) is 4.61. The molecule has 0 aliphatic rings. The van der Waals surface area contributed by atoms with E-state index in [1.54, 1.807) is 19.1 Å². The van der Waals surface area contributed by atoms with Crippen molar-refractivity contribution in [2.24, 2.45) is 0 Å². The number of nitrogens with one attached hydrogen (secondary N) is 1. The van der Waals surface area contributed by atoms with Gasteiger partial charge in [0.1, 0.15) is 0 Å². The van der Waals surface area contributed by atoms with E-state index >= 15 is 0 Å². The predicted molar refractivity (Wildman–Crippen MR) is 83.8 cm³/mol. The molecule has 10 heteroatoms. The Labute approximate surface area is 136 Å². The second kappa shape index (κ2) is 7.69. The van der Waals surface area contributed by atoms with Crippen molar-refractivity contribution in [1.29, 1.82) is 0 Å². The first-order chi connectivity index (χ1) is 10.4. The molecule has 8 nitrogen and oxygen atoms in total. The lowest BCUT2D eigenvalue weighted by molar-refractivity contribution is 0.00204. The maximum atomic E-state index is 12.3. The molecule has 0 spiro atoms. The van der Waals surface area contributed by atoms with E-state index < -0.39 is 45.0 Å². The number of rotatable bonds is 8. The van der Waals surface area contributed by atoms with Crippen LogP contribution in [0.1, 0.15) is 12.5 Å². The molecule has 0 heterocycles. The van der Waals surface area contributed by atoms with E-state index in [0.29, 0.717) is 0 Å². The summed E-state index contributed by atoms with van der Waals surface area (Å²) in [6.45, 7) is 2.40. The van der Waals surface area contributed by atoms with E-state index in [2.05, 4.69) is 8.91 Å². The van der Waals surface area contributed by atoms with Crippen molar-refractivity contribution in [2.45, 2.75) is 37.0 Å². The summed E-state index contributed by atoms with van der Waals surface area (Å²) >= 11 is 0. The van der Waals surface area contributed by atoms with E-state index in [0.717, 1.165) is 11.8 Å². The maximum Gasteiger partial charge on any atom is 0.264 e. The fraction of sp³-hybridized carbons (Fsp3) is 0.538. The highest BCUT2D eigenvalue weighted by Gasteiger charge is 2.30. The van der Waals surface area contributed by atoms with E-state index in [-0.39, 0.29) is 4.90 Å². The second-order valence-corrected chi connectivity index (χ2v) is 8.62. The molecule has 0 bridgehead atoms. The van der Waals surface area contributed by atoms with Crippen molar-refractivity contribution in [3.8, 4) is 0 Å².